The molecule has 1 aromatic heterocycles. The molecule has 0 amide bonds. The highest BCUT2D eigenvalue weighted by Gasteiger charge is 2.22. The molecule has 0 spiro atoms. The van der Waals surface area contributed by atoms with Crippen LogP contribution in [0.2, 0.25) is 0 Å². The molecule has 0 unspecified atom stereocenters. The fourth-order valence-electron chi connectivity index (χ4n) is 3.02. The van der Waals surface area contributed by atoms with Gasteiger partial charge in [-0.15, -0.1) is 0 Å². The third-order valence-electron chi connectivity index (χ3n) is 4.40. The second-order valence-corrected chi connectivity index (χ2v) is 8.08. The number of nitrogens with zero attached hydrogens (tertiary/aromatic N) is 3. The average Bonchev–Trinajstić information content (AvgIpc) is 3.14. The molecule has 7 nitrogen and oxygen atoms in total. The lowest BCUT2D eigenvalue weighted by molar-refractivity contribution is 0.321. The first kappa shape index (κ1) is 19.3. The first-order valence-corrected chi connectivity index (χ1v) is 10.4. The fraction of sp³-hybridized carbons (Fsp3) is 0.444. The topological polar surface area (TPSA) is 84.4 Å². The summed E-state index contributed by atoms with van der Waals surface area (Å²) in [5.41, 5.74) is 1.37. The van der Waals surface area contributed by atoms with E-state index in [1.54, 1.807) is 20.8 Å². The number of aromatic nitrogens is 2. The van der Waals surface area contributed by atoms with Gasteiger partial charge in [-0.2, -0.15) is 0 Å². The van der Waals surface area contributed by atoms with E-state index >= 15 is 0 Å². The van der Waals surface area contributed by atoms with E-state index in [1.807, 2.05) is 0 Å². The summed E-state index contributed by atoms with van der Waals surface area (Å²) in [5, 5.41) is 0. The molecule has 1 fully saturated rings. The van der Waals surface area contributed by atoms with E-state index in [-0.39, 0.29) is 10.6 Å². The third-order valence-corrected chi connectivity index (χ3v) is 5.75. The zero-order valence-electron chi connectivity index (χ0n) is 15.6. The van der Waals surface area contributed by atoms with Gasteiger partial charge in [-0.05, 0) is 51.8 Å². The number of ether oxygens (including phenoxy) is 1. The van der Waals surface area contributed by atoms with Crippen LogP contribution in [0, 0.1) is 19.7 Å². The molecular formula is C18H23FN4O3S. The van der Waals surface area contributed by atoms with Crippen molar-refractivity contribution >= 4 is 21.7 Å². The molecule has 0 saturated carbocycles. The molecule has 1 saturated heterocycles. The van der Waals surface area contributed by atoms with Crippen molar-refractivity contribution in [3.8, 4) is 5.75 Å². The summed E-state index contributed by atoms with van der Waals surface area (Å²) in [5.74, 6) is -0.103. The zero-order chi connectivity index (χ0) is 19.6. The Morgan fingerprint density at radius 3 is 2.37 bits per heavy atom. The van der Waals surface area contributed by atoms with Gasteiger partial charge in [0.1, 0.15) is 0 Å². The number of halogens is 1. The lowest BCUT2D eigenvalue weighted by Crippen LogP contribution is -2.22. The van der Waals surface area contributed by atoms with Crippen LogP contribution in [-0.2, 0) is 10.0 Å². The molecule has 3 rings (SSSR count). The van der Waals surface area contributed by atoms with Gasteiger partial charge in [0, 0.05) is 13.1 Å². The molecule has 0 radical (unpaired) electrons. The molecule has 0 aliphatic carbocycles. The van der Waals surface area contributed by atoms with Crippen LogP contribution in [-0.4, -0.2) is 38.1 Å². The first-order chi connectivity index (χ1) is 12.8. The molecule has 1 aromatic carbocycles. The SMILES string of the molecule is CCOc1ccc(S(=O)(=O)Nc2c(C)nc(N3CCCC3)nc2C)cc1F. The number of hydrogen-bond acceptors (Lipinski definition) is 6. The molecule has 146 valence electrons. The van der Waals surface area contributed by atoms with Gasteiger partial charge in [0.15, 0.2) is 11.6 Å². The van der Waals surface area contributed by atoms with Gasteiger partial charge >= 0.3 is 0 Å². The lowest BCUT2D eigenvalue weighted by Gasteiger charge is -2.19. The Morgan fingerprint density at radius 1 is 1.19 bits per heavy atom. The van der Waals surface area contributed by atoms with Crippen molar-refractivity contribution in [1.29, 1.82) is 0 Å². The predicted octanol–water partition coefficient (Wildman–Crippen LogP) is 3.03. The summed E-state index contributed by atoms with van der Waals surface area (Å²) in [6.45, 7) is 7.27. The van der Waals surface area contributed by atoms with E-state index in [0.717, 1.165) is 32.0 Å². The highest BCUT2D eigenvalue weighted by molar-refractivity contribution is 7.92. The first-order valence-electron chi connectivity index (χ1n) is 8.87. The minimum atomic E-state index is -3.98. The second-order valence-electron chi connectivity index (χ2n) is 6.39. The summed E-state index contributed by atoms with van der Waals surface area (Å²) in [7, 11) is -3.98. The summed E-state index contributed by atoms with van der Waals surface area (Å²) in [6, 6.07) is 3.55. The number of aryl methyl sites for hydroxylation is 2. The molecule has 0 atom stereocenters. The van der Waals surface area contributed by atoms with Crippen molar-refractivity contribution in [2.75, 3.05) is 29.3 Å². The lowest BCUT2D eigenvalue weighted by atomic mass is 10.3. The minimum Gasteiger partial charge on any atom is -0.491 e. The summed E-state index contributed by atoms with van der Waals surface area (Å²) in [6.07, 6.45) is 2.19. The Hall–Kier alpha value is -2.42. The fourth-order valence-corrected chi connectivity index (χ4v) is 4.21. The normalized spacial score (nSPS) is 14.4. The van der Waals surface area contributed by atoms with Crippen molar-refractivity contribution in [3.63, 3.8) is 0 Å². The Labute approximate surface area is 158 Å². The maximum absolute atomic E-state index is 14.0. The van der Waals surface area contributed by atoms with Crippen molar-refractivity contribution in [3.05, 3.63) is 35.4 Å². The van der Waals surface area contributed by atoms with Gasteiger partial charge in [-0.25, -0.2) is 22.8 Å². The van der Waals surface area contributed by atoms with E-state index in [1.165, 1.54) is 12.1 Å². The van der Waals surface area contributed by atoms with E-state index in [9.17, 15) is 12.8 Å². The highest BCUT2D eigenvalue weighted by Crippen LogP contribution is 2.27. The number of anilines is 2. The van der Waals surface area contributed by atoms with Crippen molar-refractivity contribution in [2.45, 2.75) is 38.5 Å². The summed E-state index contributed by atoms with van der Waals surface area (Å²) in [4.78, 5) is 10.8. The van der Waals surface area contributed by atoms with Gasteiger partial charge in [-0.1, -0.05) is 0 Å². The monoisotopic (exact) mass is 394 g/mol. The van der Waals surface area contributed by atoms with Gasteiger partial charge in [0.2, 0.25) is 5.95 Å². The summed E-state index contributed by atoms with van der Waals surface area (Å²) < 4.78 is 47.0. The second kappa shape index (κ2) is 7.67. The maximum Gasteiger partial charge on any atom is 0.262 e. The molecule has 2 heterocycles. The number of nitrogens with one attached hydrogen (secondary N) is 1. The predicted molar refractivity (Wildman–Crippen MR) is 101 cm³/mol. The smallest absolute Gasteiger partial charge is 0.262 e. The highest BCUT2D eigenvalue weighted by atomic mass is 32.2. The number of rotatable bonds is 6. The van der Waals surface area contributed by atoms with Crippen LogP contribution in [0.5, 0.6) is 5.75 Å². The van der Waals surface area contributed by atoms with E-state index in [0.29, 0.717) is 29.6 Å². The molecule has 1 N–H and O–H groups in total. The molecular weight excluding hydrogens is 371 g/mol. The quantitative estimate of drug-likeness (QED) is 0.811. The van der Waals surface area contributed by atoms with Gasteiger partial charge < -0.3 is 9.64 Å². The van der Waals surface area contributed by atoms with Crippen LogP contribution >= 0.6 is 0 Å². The van der Waals surface area contributed by atoms with Crippen LogP contribution in [0.4, 0.5) is 16.0 Å². The Balaban J connectivity index is 1.88. The zero-order valence-corrected chi connectivity index (χ0v) is 16.4. The molecule has 2 aromatic rings. The molecule has 9 heteroatoms. The molecule has 0 bridgehead atoms. The van der Waals surface area contributed by atoms with Crippen LogP contribution in [0.25, 0.3) is 0 Å². The van der Waals surface area contributed by atoms with Crippen LogP contribution in [0.15, 0.2) is 23.1 Å². The number of hydrogen-bond donors (Lipinski definition) is 1. The van der Waals surface area contributed by atoms with Crippen LogP contribution in [0.1, 0.15) is 31.2 Å². The summed E-state index contributed by atoms with van der Waals surface area (Å²) >= 11 is 0. The van der Waals surface area contributed by atoms with Crippen LogP contribution < -0.4 is 14.4 Å². The Morgan fingerprint density at radius 2 is 1.81 bits per heavy atom. The largest absolute Gasteiger partial charge is 0.491 e. The van der Waals surface area contributed by atoms with E-state index in [2.05, 4.69) is 19.6 Å². The van der Waals surface area contributed by atoms with Gasteiger partial charge in [0.25, 0.3) is 10.0 Å². The molecule has 1 aliphatic rings. The average molecular weight is 394 g/mol. The maximum atomic E-state index is 14.0. The molecule has 27 heavy (non-hydrogen) atoms. The Bertz CT molecular complexity index is 921. The molecule has 1 aliphatic heterocycles. The van der Waals surface area contributed by atoms with E-state index in [4.69, 9.17) is 4.74 Å². The third kappa shape index (κ3) is 4.13. The van der Waals surface area contributed by atoms with Crippen molar-refractivity contribution in [2.24, 2.45) is 0 Å². The Kier molecular flexibility index (Phi) is 5.50. The number of sulfonamides is 1. The van der Waals surface area contributed by atoms with Gasteiger partial charge in [-0.3, -0.25) is 4.72 Å². The van der Waals surface area contributed by atoms with Gasteiger partial charge in [0.05, 0.1) is 28.6 Å². The van der Waals surface area contributed by atoms with Crippen molar-refractivity contribution in [1.82, 2.24) is 9.97 Å². The van der Waals surface area contributed by atoms with Crippen LogP contribution in [0.3, 0.4) is 0 Å². The standard InChI is InChI=1S/C18H23FN4O3S/c1-4-26-16-8-7-14(11-15(16)19)27(24,25)22-17-12(2)20-18(21-13(17)3)23-9-5-6-10-23/h7-8,11,22H,4-6,9-10H2,1-3H3. The van der Waals surface area contributed by atoms with E-state index < -0.39 is 15.8 Å². The minimum absolute atomic E-state index is 0.0158. The number of benzene rings is 1. The van der Waals surface area contributed by atoms with Crippen molar-refractivity contribution < 1.29 is 17.5 Å².